The Kier molecular flexibility index (Phi) is 6.85. The molecule has 0 spiro atoms. The molecule has 9 heavy (non-hydrogen) atoms. The lowest BCUT2D eigenvalue weighted by molar-refractivity contribution is 0.405. The minimum atomic E-state index is -3.83. The molecule has 0 unspecified atom stereocenters. The molecule has 0 heterocycles. The van der Waals surface area contributed by atoms with Gasteiger partial charge in [0.2, 0.25) is 0 Å². The number of hydrogen-bond acceptors (Lipinski definition) is 3. The van der Waals surface area contributed by atoms with E-state index in [1.165, 1.54) is 0 Å². The number of rotatable bonds is 0. The molecular weight excluding hydrogens is 191 g/mol. The first kappa shape index (κ1) is 12.0. The summed E-state index contributed by atoms with van der Waals surface area (Å²) in [5.74, 6) is 0. The van der Waals surface area contributed by atoms with Gasteiger partial charge in [0, 0.05) is 15.8 Å². The Morgan fingerprint density at radius 2 is 1.33 bits per heavy atom. The molecular formula is H4O6PS2+. The molecule has 0 saturated heterocycles. The van der Waals surface area contributed by atoms with Crippen LogP contribution in [-0.4, -0.2) is 23.1 Å². The summed E-state index contributed by atoms with van der Waals surface area (Å²) in [6, 6.07) is 0. The molecule has 0 rings (SSSR count). The predicted octanol–water partition coefficient (Wildman–Crippen LogP) is -0.693. The van der Waals surface area contributed by atoms with Gasteiger partial charge in [-0.15, -0.1) is 9.79 Å². The SMILES string of the molecule is O=S(O)(O)=S.O=[P+](O)O. The molecule has 6 nitrogen and oxygen atoms in total. The van der Waals surface area contributed by atoms with Crippen molar-refractivity contribution in [2.75, 3.05) is 0 Å². The Balaban J connectivity index is 0. The van der Waals surface area contributed by atoms with Gasteiger partial charge < -0.3 is 0 Å². The highest BCUT2D eigenvalue weighted by Crippen LogP contribution is 1.98. The van der Waals surface area contributed by atoms with Gasteiger partial charge in [0.05, 0.1) is 0 Å². The van der Waals surface area contributed by atoms with Crippen LogP contribution in [-0.2, 0) is 24.8 Å². The monoisotopic (exact) mass is 195 g/mol. The second kappa shape index (κ2) is 5.12. The molecule has 0 amide bonds. The van der Waals surface area contributed by atoms with E-state index in [1.807, 2.05) is 0 Å². The van der Waals surface area contributed by atoms with E-state index in [9.17, 15) is 0 Å². The molecule has 0 fully saturated rings. The maximum absolute atomic E-state index is 9.11. The average molecular weight is 195 g/mol. The molecule has 4 N–H and O–H groups in total. The third kappa shape index (κ3) is 3440. The van der Waals surface area contributed by atoms with Crippen LogP contribution in [0.15, 0.2) is 0 Å². The molecule has 0 radical (unpaired) electrons. The number of hydrogen-bond donors (Lipinski definition) is 4. The Morgan fingerprint density at radius 1 is 1.33 bits per heavy atom. The highest BCUT2D eigenvalue weighted by molar-refractivity contribution is 8.26. The van der Waals surface area contributed by atoms with Gasteiger partial charge in [-0.3, -0.25) is 9.11 Å². The first-order chi connectivity index (χ1) is 3.73. The van der Waals surface area contributed by atoms with Gasteiger partial charge in [-0.2, -0.15) is 4.21 Å². The lowest BCUT2D eigenvalue weighted by Crippen LogP contribution is -1.86. The maximum atomic E-state index is 9.11. The van der Waals surface area contributed by atoms with Gasteiger partial charge >= 0.3 is 8.25 Å². The van der Waals surface area contributed by atoms with Crippen LogP contribution in [0, 0.1) is 0 Å². The van der Waals surface area contributed by atoms with Crippen LogP contribution < -0.4 is 0 Å². The molecule has 0 aromatic heterocycles. The van der Waals surface area contributed by atoms with E-state index in [4.69, 9.17) is 27.7 Å². The molecule has 0 saturated carbocycles. The third-order valence-electron chi connectivity index (χ3n) is 0. The second-order valence-corrected chi connectivity index (χ2v) is 3.40. The minimum Gasteiger partial charge on any atom is -0.285 e. The van der Waals surface area contributed by atoms with Gasteiger partial charge in [0.25, 0.3) is 9.05 Å². The Bertz CT molecular complexity index is 153. The van der Waals surface area contributed by atoms with Crippen LogP contribution in [0.1, 0.15) is 0 Å². The van der Waals surface area contributed by atoms with Crippen LogP contribution in [0.4, 0.5) is 0 Å². The van der Waals surface area contributed by atoms with E-state index in [-0.39, 0.29) is 0 Å². The summed E-state index contributed by atoms with van der Waals surface area (Å²) in [5.41, 5.74) is 0. The summed E-state index contributed by atoms with van der Waals surface area (Å²) in [7, 11) is -6.70. The van der Waals surface area contributed by atoms with Gasteiger partial charge in [-0.1, -0.05) is 0 Å². The summed E-state index contributed by atoms with van der Waals surface area (Å²) >= 11 is 3.47. The lowest BCUT2D eigenvalue weighted by Gasteiger charge is -1.73. The zero-order valence-corrected chi connectivity index (χ0v) is 6.40. The quantitative estimate of drug-likeness (QED) is 0.378. The summed E-state index contributed by atoms with van der Waals surface area (Å²) in [6.07, 6.45) is 0. The third-order valence-corrected chi connectivity index (χ3v) is 0. The van der Waals surface area contributed by atoms with Gasteiger partial charge in [-0.25, -0.2) is 0 Å². The molecule has 56 valence electrons. The Morgan fingerprint density at radius 3 is 1.33 bits per heavy atom. The zero-order valence-electron chi connectivity index (χ0n) is 3.87. The normalized spacial score (nSPS) is 9.33. The summed E-state index contributed by atoms with van der Waals surface area (Å²) in [4.78, 5) is 14.2. The molecule has 0 aliphatic rings. The molecule has 0 aliphatic carbocycles. The van der Waals surface area contributed by atoms with Crippen molar-refractivity contribution < 1.29 is 27.7 Å². The van der Waals surface area contributed by atoms with E-state index in [0.29, 0.717) is 0 Å². The first-order valence-corrected chi connectivity index (χ1v) is 4.84. The molecule has 0 aliphatic heterocycles. The highest BCUT2D eigenvalue weighted by Gasteiger charge is 1.93. The fourth-order valence-electron chi connectivity index (χ4n) is 0. The smallest absolute Gasteiger partial charge is 0.285 e. The Hall–Kier alpha value is 0.310. The average Bonchev–Trinajstić information content (AvgIpc) is 1.19. The van der Waals surface area contributed by atoms with Gasteiger partial charge in [0.15, 0.2) is 0 Å². The van der Waals surface area contributed by atoms with Crippen molar-refractivity contribution in [2.24, 2.45) is 0 Å². The molecule has 0 atom stereocenters. The topological polar surface area (TPSA) is 115 Å². The van der Waals surface area contributed by atoms with E-state index >= 15 is 0 Å². The lowest BCUT2D eigenvalue weighted by atomic mass is 15.8. The van der Waals surface area contributed by atoms with Crippen LogP contribution in [0.2, 0.25) is 0 Å². The van der Waals surface area contributed by atoms with Crippen molar-refractivity contribution in [2.45, 2.75) is 0 Å². The zero-order chi connectivity index (χ0) is 8.08. The van der Waals surface area contributed by atoms with Gasteiger partial charge in [0.1, 0.15) is 0 Å². The molecule has 0 bridgehead atoms. The molecule has 9 heteroatoms. The maximum Gasteiger partial charge on any atom is 0.692 e. The van der Waals surface area contributed by atoms with Crippen LogP contribution in [0.3, 0.4) is 0 Å². The fraction of sp³-hybridized carbons (Fsp3) is 0. The van der Waals surface area contributed by atoms with E-state index in [0.717, 1.165) is 0 Å². The summed E-state index contributed by atoms with van der Waals surface area (Å²) in [6.45, 7) is 0. The predicted molar refractivity (Wildman–Crippen MR) is 32.8 cm³/mol. The summed E-state index contributed by atoms with van der Waals surface area (Å²) < 4.78 is 32.7. The van der Waals surface area contributed by atoms with Crippen molar-refractivity contribution in [3.05, 3.63) is 0 Å². The summed E-state index contributed by atoms with van der Waals surface area (Å²) in [5, 5.41) is 0. The van der Waals surface area contributed by atoms with Crippen LogP contribution >= 0.6 is 8.25 Å². The minimum absolute atomic E-state index is 2.87. The molecule has 0 aromatic rings. The Labute approximate surface area is 56.8 Å². The van der Waals surface area contributed by atoms with Crippen molar-refractivity contribution in [1.82, 2.24) is 0 Å². The van der Waals surface area contributed by atoms with Crippen LogP contribution in [0.25, 0.3) is 0 Å². The van der Waals surface area contributed by atoms with Crippen molar-refractivity contribution in [3.63, 3.8) is 0 Å². The second-order valence-electron chi connectivity index (χ2n) is 0.701. The van der Waals surface area contributed by atoms with Crippen LogP contribution in [0.5, 0.6) is 0 Å². The van der Waals surface area contributed by atoms with E-state index in [2.05, 4.69) is 11.2 Å². The standard InChI is InChI=1S/HO3P.H2O3S2/c1-4(2)3;1-5(2,3)4/h(H-,1,2,3);(H2,1,2,3,4)/p+1. The van der Waals surface area contributed by atoms with Gasteiger partial charge in [-0.05, 0) is 0 Å². The van der Waals surface area contributed by atoms with E-state index < -0.39 is 17.3 Å². The largest absolute Gasteiger partial charge is 0.692 e. The van der Waals surface area contributed by atoms with E-state index in [1.54, 1.807) is 0 Å². The highest BCUT2D eigenvalue weighted by atomic mass is 32.9. The fourth-order valence-corrected chi connectivity index (χ4v) is 0. The van der Waals surface area contributed by atoms with Crippen molar-refractivity contribution in [3.8, 4) is 0 Å². The van der Waals surface area contributed by atoms with Crippen molar-refractivity contribution in [1.29, 1.82) is 0 Å². The molecule has 0 aromatic carbocycles. The first-order valence-electron chi connectivity index (χ1n) is 1.28. The van der Waals surface area contributed by atoms with Crippen molar-refractivity contribution >= 4 is 28.5 Å².